The summed E-state index contributed by atoms with van der Waals surface area (Å²) in [6, 6.07) is 6.39. The molecule has 1 aromatic rings. The molecule has 0 spiro atoms. The Hall–Kier alpha value is -0.820. The minimum absolute atomic E-state index is 0.224. The van der Waals surface area contributed by atoms with Crippen molar-refractivity contribution in [1.29, 1.82) is 0 Å². The lowest BCUT2D eigenvalue weighted by molar-refractivity contribution is 0.554. The zero-order chi connectivity index (χ0) is 9.35. The summed E-state index contributed by atoms with van der Waals surface area (Å²) < 4.78 is 0. The fraction of sp³-hybridized carbons (Fsp3) is 0.455. The highest BCUT2D eigenvalue weighted by Crippen LogP contribution is 2.19. The Balaban J connectivity index is 3.14. The molecule has 0 aliphatic heterocycles. The fourth-order valence-corrected chi connectivity index (χ4v) is 1.14. The van der Waals surface area contributed by atoms with Crippen molar-refractivity contribution in [2.75, 3.05) is 0 Å². The molecule has 0 atom stereocenters. The van der Waals surface area contributed by atoms with E-state index in [1.807, 2.05) is 13.8 Å². The van der Waals surface area contributed by atoms with E-state index in [2.05, 4.69) is 32.0 Å². The van der Waals surface area contributed by atoms with Gasteiger partial charge in [-0.05, 0) is 44.4 Å². The molecule has 0 unspecified atom stereocenters. The van der Waals surface area contributed by atoms with Gasteiger partial charge in [0.2, 0.25) is 0 Å². The molecule has 0 aliphatic rings. The van der Waals surface area contributed by atoms with Crippen LogP contribution in [0.15, 0.2) is 18.2 Å². The monoisotopic (exact) mass is 163 g/mol. The summed E-state index contributed by atoms with van der Waals surface area (Å²) in [5.41, 5.74) is 9.58. The Morgan fingerprint density at radius 3 is 2.08 bits per heavy atom. The molecule has 66 valence electrons. The maximum atomic E-state index is 5.98. The van der Waals surface area contributed by atoms with E-state index in [1.165, 1.54) is 16.7 Å². The molecule has 0 aliphatic carbocycles. The Morgan fingerprint density at radius 2 is 1.67 bits per heavy atom. The first-order valence-electron chi connectivity index (χ1n) is 4.28. The molecule has 0 bridgehead atoms. The largest absolute Gasteiger partial charge is 0.322 e. The third-order valence-corrected chi connectivity index (χ3v) is 2.25. The lowest BCUT2D eigenvalue weighted by Gasteiger charge is -2.20. The normalized spacial score (nSPS) is 11.8. The van der Waals surface area contributed by atoms with Crippen molar-refractivity contribution in [3.05, 3.63) is 34.9 Å². The minimum Gasteiger partial charge on any atom is -0.322 e. The molecule has 2 N–H and O–H groups in total. The Bertz CT molecular complexity index is 282. The van der Waals surface area contributed by atoms with Gasteiger partial charge in [0.1, 0.15) is 0 Å². The van der Waals surface area contributed by atoms with Gasteiger partial charge in [0, 0.05) is 5.54 Å². The van der Waals surface area contributed by atoms with Gasteiger partial charge in [0.25, 0.3) is 0 Å². The molecule has 1 nitrogen and oxygen atoms in total. The van der Waals surface area contributed by atoms with Crippen LogP contribution in [-0.2, 0) is 5.54 Å². The quantitative estimate of drug-likeness (QED) is 0.676. The summed E-state index contributed by atoms with van der Waals surface area (Å²) in [6.45, 7) is 8.28. The van der Waals surface area contributed by atoms with Gasteiger partial charge >= 0.3 is 0 Å². The summed E-state index contributed by atoms with van der Waals surface area (Å²) in [6.07, 6.45) is 0. The standard InChI is InChI=1S/C11H17N/c1-8-5-6-10(7-9(8)2)11(3,4)12/h5-7H,12H2,1-4H3. The third-order valence-electron chi connectivity index (χ3n) is 2.25. The van der Waals surface area contributed by atoms with Crippen LogP contribution in [0.2, 0.25) is 0 Å². The molecule has 0 amide bonds. The van der Waals surface area contributed by atoms with E-state index in [4.69, 9.17) is 5.73 Å². The Kier molecular flexibility index (Phi) is 2.25. The van der Waals surface area contributed by atoms with Crippen molar-refractivity contribution in [1.82, 2.24) is 0 Å². The van der Waals surface area contributed by atoms with Crippen molar-refractivity contribution < 1.29 is 0 Å². The molecule has 1 rings (SSSR count). The van der Waals surface area contributed by atoms with Gasteiger partial charge in [-0.2, -0.15) is 0 Å². The number of nitrogens with two attached hydrogens (primary N) is 1. The van der Waals surface area contributed by atoms with Crippen LogP contribution in [0.5, 0.6) is 0 Å². The van der Waals surface area contributed by atoms with Crippen LogP contribution < -0.4 is 5.73 Å². The highest BCUT2D eigenvalue weighted by atomic mass is 14.7. The van der Waals surface area contributed by atoms with Gasteiger partial charge in [-0.1, -0.05) is 18.2 Å². The predicted molar refractivity (Wildman–Crippen MR) is 53.1 cm³/mol. The molecular formula is C11H17N. The van der Waals surface area contributed by atoms with Crippen LogP contribution in [0, 0.1) is 13.8 Å². The van der Waals surface area contributed by atoms with Gasteiger partial charge in [0.05, 0.1) is 0 Å². The molecule has 0 saturated heterocycles. The highest BCUT2D eigenvalue weighted by molar-refractivity contribution is 5.33. The Labute approximate surface area is 74.6 Å². The topological polar surface area (TPSA) is 26.0 Å². The summed E-state index contributed by atoms with van der Waals surface area (Å²) >= 11 is 0. The summed E-state index contributed by atoms with van der Waals surface area (Å²) in [4.78, 5) is 0. The van der Waals surface area contributed by atoms with Crippen LogP contribution in [0.25, 0.3) is 0 Å². The number of aryl methyl sites for hydroxylation is 2. The number of hydrogen-bond acceptors (Lipinski definition) is 1. The minimum atomic E-state index is -0.224. The van der Waals surface area contributed by atoms with E-state index in [9.17, 15) is 0 Å². The first-order valence-corrected chi connectivity index (χ1v) is 4.28. The molecule has 12 heavy (non-hydrogen) atoms. The number of benzene rings is 1. The van der Waals surface area contributed by atoms with E-state index >= 15 is 0 Å². The van der Waals surface area contributed by atoms with Crippen molar-refractivity contribution >= 4 is 0 Å². The highest BCUT2D eigenvalue weighted by Gasteiger charge is 2.13. The van der Waals surface area contributed by atoms with Gasteiger partial charge in [-0.25, -0.2) is 0 Å². The van der Waals surface area contributed by atoms with E-state index in [0.29, 0.717) is 0 Å². The van der Waals surface area contributed by atoms with Gasteiger partial charge in [-0.3, -0.25) is 0 Å². The molecule has 0 heterocycles. The lowest BCUT2D eigenvalue weighted by atomic mass is 9.93. The van der Waals surface area contributed by atoms with Gasteiger partial charge in [-0.15, -0.1) is 0 Å². The molecule has 0 saturated carbocycles. The second-order valence-corrected chi connectivity index (χ2v) is 4.02. The average Bonchev–Trinajstić information content (AvgIpc) is 1.92. The van der Waals surface area contributed by atoms with E-state index in [0.717, 1.165) is 0 Å². The number of rotatable bonds is 1. The smallest absolute Gasteiger partial charge is 0.0352 e. The lowest BCUT2D eigenvalue weighted by Crippen LogP contribution is -2.28. The molecule has 1 aromatic carbocycles. The summed E-state index contributed by atoms with van der Waals surface area (Å²) in [5, 5.41) is 0. The van der Waals surface area contributed by atoms with Crippen LogP contribution in [0.3, 0.4) is 0 Å². The van der Waals surface area contributed by atoms with Crippen molar-refractivity contribution in [2.45, 2.75) is 33.2 Å². The fourth-order valence-electron chi connectivity index (χ4n) is 1.14. The van der Waals surface area contributed by atoms with E-state index < -0.39 is 0 Å². The summed E-state index contributed by atoms with van der Waals surface area (Å²) in [5.74, 6) is 0. The van der Waals surface area contributed by atoms with Crippen LogP contribution in [-0.4, -0.2) is 0 Å². The molecule has 0 radical (unpaired) electrons. The second kappa shape index (κ2) is 2.91. The van der Waals surface area contributed by atoms with Gasteiger partial charge < -0.3 is 5.73 Å². The maximum absolute atomic E-state index is 5.98. The zero-order valence-corrected chi connectivity index (χ0v) is 8.31. The first-order chi connectivity index (χ1) is 5.41. The molecule has 1 heteroatoms. The van der Waals surface area contributed by atoms with E-state index in [1.54, 1.807) is 0 Å². The molecule has 0 fully saturated rings. The predicted octanol–water partition coefficient (Wildman–Crippen LogP) is 2.50. The molecular weight excluding hydrogens is 146 g/mol. The first kappa shape index (κ1) is 9.27. The maximum Gasteiger partial charge on any atom is 0.0352 e. The van der Waals surface area contributed by atoms with Crippen LogP contribution in [0.4, 0.5) is 0 Å². The second-order valence-electron chi connectivity index (χ2n) is 4.02. The molecule has 0 aromatic heterocycles. The average molecular weight is 163 g/mol. The van der Waals surface area contributed by atoms with Crippen molar-refractivity contribution in [3.8, 4) is 0 Å². The van der Waals surface area contributed by atoms with Crippen LogP contribution in [0.1, 0.15) is 30.5 Å². The van der Waals surface area contributed by atoms with Crippen molar-refractivity contribution in [3.63, 3.8) is 0 Å². The number of hydrogen-bond donors (Lipinski definition) is 1. The van der Waals surface area contributed by atoms with Crippen molar-refractivity contribution in [2.24, 2.45) is 5.73 Å². The zero-order valence-electron chi connectivity index (χ0n) is 8.31. The van der Waals surface area contributed by atoms with E-state index in [-0.39, 0.29) is 5.54 Å². The SMILES string of the molecule is Cc1ccc(C(C)(C)N)cc1C. The van der Waals surface area contributed by atoms with Crippen LogP contribution >= 0.6 is 0 Å². The summed E-state index contributed by atoms with van der Waals surface area (Å²) in [7, 11) is 0. The third kappa shape index (κ3) is 1.86. The Morgan fingerprint density at radius 1 is 1.08 bits per heavy atom. The van der Waals surface area contributed by atoms with Gasteiger partial charge in [0.15, 0.2) is 0 Å².